The van der Waals surface area contributed by atoms with E-state index in [4.69, 9.17) is 0 Å². The average molecular weight is 278 g/mol. The molecule has 4 bridgehead atoms. The Kier molecular flexibility index (Phi) is 3.51. The van der Waals surface area contributed by atoms with Gasteiger partial charge in [-0.1, -0.05) is 0 Å². The number of nitrogens with one attached hydrogen (secondary N) is 2. The highest BCUT2D eigenvalue weighted by Crippen LogP contribution is 2.60. The number of likely N-dealkylation sites (N-methyl/N-ethyl adjacent to an activating group) is 1. The van der Waals surface area contributed by atoms with Crippen LogP contribution in [0.2, 0.25) is 0 Å². The third kappa shape index (κ3) is 2.33. The van der Waals surface area contributed by atoms with Crippen molar-refractivity contribution in [1.29, 1.82) is 0 Å². The topological polar surface area (TPSA) is 58.2 Å². The smallest absolute Gasteiger partial charge is 0.242 e. The molecule has 4 aliphatic rings. The highest BCUT2D eigenvalue weighted by Gasteiger charge is 2.54. The molecule has 4 saturated carbocycles. The maximum Gasteiger partial charge on any atom is 0.242 e. The summed E-state index contributed by atoms with van der Waals surface area (Å²) in [5.41, 5.74) is -0.157. The van der Waals surface area contributed by atoms with Crippen LogP contribution in [0.5, 0.6) is 0 Å². The first-order valence-corrected chi connectivity index (χ1v) is 8.11. The number of carbonyl (C=O) groups excluding carboxylic acids is 2. The number of hydrogen-bond acceptors (Lipinski definition) is 2. The molecule has 4 aliphatic carbocycles. The zero-order valence-electron chi connectivity index (χ0n) is 12.6. The lowest BCUT2D eigenvalue weighted by atomic mass is 9.49. The van der Waals surface area contributed by atoms with Gasteiger partial charge in [0.2, 0.25) is 11.8 Å². The summed E-state index contributed by atoms with van der Waals surface area (Å²) >= 11 is 0. The minimum absolute atomic E-state index is 0.0782. The summed E-state index contributed by atoms with van der Waals surface area (Å²) in [6.07, 6.45) is 7.14. The van der Waals surface area contributed by atoms with Gasteiger partial charge in [-0.2, -0.15) is 0 Å². The lowest BCUT2D eigenvalue weighted by molar-refractivity contribution is -0.148. The van der Waals surface area contributed by atoms with E-state index in [2.05, 4.69) is 10.6 Å². The molecule has 20 heavy (non-hydrogen) atoms. The highest BCUT2D eigenvalue weighted by molar-refractivity contribution is 5.90. The van der Waals surface area contributed by atoms with Gasteiger partial charge in [0.05, 0.1) is 0 Å². The second kappa shape index (κ2) is 5.05. The normalized spacial score (nSPS) is 39.4. The van der Waals surface area contributed by atoms with E-state index in [9.17, 15) is 9.59 Å². The SMILES string of the molecule is CCNC(=O)[C@@H](C)NC(=O)C12CC3CC(CC(C3)C1)C2. The van der Waals surface area contributed by atoms with E-state index in [1.165, 1.54) is 19.3 Å². The summed E-state index contributed by atoms with van der Waals surface area (Å²) in [7, 11) is 0. The predicted octanol–water partition coefficient (Wildman–Crippen LogP) is 1.84. The highest BCUT2D eigenvalue weighted by atomic mass is 16.2. The Balaban J connectivity index is 1.66. The second-order valence-corrected chi connectivity index (χ2v) is 7.29. The second-order valence-electron chi connectivity index (χ2n) is 7.29. The van der Waals surface area contributed by atoms with Gasteiger partial charge in [0.25, 0.3) is 0 Å². The quantitative estimate of drug-likeness (QED) is 0.824. The van der Waals surface area contributed by atoms with Crippen molar-refractivity contribution in [1.82, 2.24) is 10.6 Å². The molecule has 2 N–H and O–H groups in total. The molecule has 0 saturated heterocycles. The Morgan fingerprint density at radius 1 is 1.10 bits per heavy atom. The van der Waals surface area contributed by atoms with Gasteiger partial charge in [-0.05, 0) is 70.1 Å². The fraction of sp³-hybridized carbons (Fsp3) is 0.875. The van der Waals surface area contributed by atoms with Crippen molar-refractivity contribution in [2.24, 2.45) is 23.2 Å². The van der Waals surface area contributed by atoms with Crippen LogP contribution in [-0.2, 0) is 9.59 Å². The van der Waals surface area contributed by atoms with Crippen molar-refractivity contribution in [3.8, 4) is 0 Å². The fourth-order valence-corrected chi connectivity index (χ4v) is 5.13. The lowest BCUT2D eigenvalue weighted by Gasteiger charge is -2.55. The molecule has 4 rings (SSSR count). The van der Waals surface area contributed by atoms with Crippen LogP contribution >= 0.6 is 0 Å². The largest absolute Gasteiger partial charge is 0.355 e. The standard InChI is InChI=1S/C16H26N2O2/c1-3-17-14(19)10(2)18-15(20)16-7-11-4-12(8-16)6-13(5-11)9-16/h10-13H,3-9H2,1-2H3,(H,17,19)(H,18,20)/t10-,11?,12?,13?,16?/m1/s1. The molecule has 4 nitrogen and oxygen atoms in total. The third-order valence-corrected chi connectivity index (χ3v) is 5.61. The number of carbonyl (C=O) groups is 2. The first-order valence-electron chi connectivity index (χ1n) is 8.11. The number of hydrogen-bond donors (Lipinski definition) is 2. The van der Waals surface area contributed by atoms with Gasteiger partial charge in [-0.3, -0.25) is 9.59 Å². The lowest BCUT2D eigenvalue weighted by Crippen LogP contribution is -2.56. The molecule has 0 unspecified atom stereocenters. The molecule has 1 atom stereocenters. The van der Waals surface area contributed by atoms with Gasteiger partial charge in [0.1, 0.15) is 6.04 Å². The van der Waals surface area contributed by atoms with Gasteiger partial charge in [0, 0.05) is 12.0 Å². The van der Waals surface area contributed by atoms with E-state index in [1.807, 2.05) is 6.92 Å². The van der Waals surface area contributed by atoms with Crippen molar-refractivity contribution < 1.29 is 9.59 Å². The minimum atomic E-state index is -0.421. The number of amides is 2. The van der Waals surface area contributed by atoms with Gasteiger partial charge >= 0.3 is 0 Å². The molecule has 4 fully saturated rings. The first kappa shape index (κ1) is 13.9. The van der Waals surface area contributed by atoms with Gasteiger partial charge in [-0.25, -0.2) is 0 Å². The molecule has 112 valence electrons. The monoisotopic (exact) mass is 278 g/mol. The van der Waals surface area contributed by atoms with Crippen LogP contribution < -0.4 is 10.6 Å². The molecule has 2 amide bonds. The Morgan fingerprint density at radius 3 is 2.05 bits per heavy atom. The van der Waals surface area contributed by atoms with Crippen molar-refractivity contribution in [3.05, 3.63) is 0 Å². The van der Waals surface area contributed by atoms with Gasteiger partial charge in [-0.15, -0.1) is 0 Å². The van der Waals surface area contributed by atoms with Crippen LogP contribution in [-0.4, -0.2) is 24.4 Å². The van der Waals surface area contributed by atoms with Crippen molar-refractivity contribution in [3.63, 3.8) is 0 Å². The molecule has 0 aromatic carbocycles. The minimum Gasteiger partial charge on any atom is -0.355 e. The maximum atomic E-state index is 12.7. The zero-order chi connectivity index (χ0) is 14.3. The van der Waals surface area contributed by atoms with E-state index < -0.39 is 6.04 Å². The molecule has 0 aromatic rings. The van der Waals surface area contributed by atoms with Gasteiger partial charge in [0.15, 0.2) is 0 Å². The first-order chi connectivity index (χ1) is 9.52. The summed E-state index contributed by atoms with van der Waals surface area (Å²) in [4.78, 5) is 24.5. The fourth-order valence-electron chi connectivity index (χ4n) is 5.13. The van der Waals surface area contributed by atoms with Crippen LogP contribution in [0.3, 0.4) is 0 Å². The van der Waals surface area contributed by atoms with Crippen molar-refractivity contribution in [2.45, 2.75) is 58.4 Å². The molecule has 4 heteroatoms. The van der Waals surface area contributed by atoms with E-state index in [1.54, 1.807) is 6.92 Å². The molecule has 0 spiro atoms. The van der Waals surface area contributed by atoms with Crippen molar-refractivity contribution >= 4 is 11.8 Å². The van der Waals surface area contributed by atoms with Crippen LogP contribution in [0, 0.1) is 23.2 Å². The molecule has 0 aromatic heterocycles. The van der Waals surface area contributed by atoms with E-state index in [0.717, 1.165) is 37.0 Å². The van der Waals surface area contributed by atoms with Crippen LogP contribution in [0.1, 0.15) is 52.4 Å². The molecule has 0 heterocycles. The van der Waals surface area contributed by atoms with Gasteiger partial charge < -0.3 is 10.6 Å². The van der Waals surface area contributed by atoms with E-state index in [-0.39, 0.29) is 17.2 Å². The van der Waals surface area contributed by atoms with Crippen LogP contribution in [0.15, 0.2) is 0 Å². The summed E-state index contributed by atoms with van der Waals surface area (Å²) in [6.45, 7) is 4.28. The Labute approximate surface area is 121 Å². The predicted molar refractivity (Wildman–Crippen MR) is 76.9 cm³/mol. The Hall–Kier alpha value is -1.06. The zero-order valence-corrected chi connectivity index (χ0v) is 12.6. The molecule has 0 aliphatic heterocycles. The van der Waals surface area contributed by atoms with Crippen LogP contribution in [0.4, 0.5) is 0 Å². The molecule has 0 radical (unpaired) electrons. The molecular weight excluding hydrogens is 252 g/mol. The average Bonchev–Trinajstić information content (AvgIpc) is 2.37. The summed E-state index contributed by atoms with van der Waals surface area (Å²) < 4.78 is 0. The maximum absolute atomic E-state index is 12.7. The summed E-state index contributed by atoms with van der Waals surface area (Å²) in [5, 5.41) is 5.74. The summed E-state index contributed by atoms with van der Waals surface area (Å²) in [6, 6.07) is -0.421. The van der Waals surface area contributed by atoms with E-state index in [0.29, 0.717) is 6.54 Å². The van der Waals surface area contributed by atoms with E-state index >= 15 is 0 Å². The Bertz CT molecular complexity index is 383. The Morgan fingerprint density at radius 2 is 1.60 bits per heavy atom. The third-order valence-electron chi connectivity index (χ3n) is 5.61. The number of rotatable bonds is 4. The van der Waals surface area contributed by atoms with Crippen molar-refractivity contribution in [2.75, 3.05) is 6.54 Å². The molecular formula is C16H26N2O2. The summed E-state index contributed by atoms with van der Waals surface area (Å²) in [5.74, 6) is 2.33. The van der Waals surface area contributed by atoms with Crippen LogP contribution in [0.25, 0.3) is 0 Å².